The van der Waals surface area contributed by atoms with Crippen LogP contribution in [0.4, 0.5) is 0 Å². The van der Waals surface area contributed by atoms with Gasteiger partial charge in [-0.2, -0.15) is 5.10 Å². The van der Waals surface area contributed by atoms with Gasteiger partial charge in [-0.1, -0.05) is 0 Å². The van der Waals surface area contributed by atoms with Crippen molar-refractivity contribution >= 4 is 11.8 Å². The van der Waals surface area contributed by atoms with Gasteiger partial charge in [0.1, 0.15) is 0 Å². The first-order chi connectivity index (χ1) is 12.9. The molecule has 1 aromatic rings. The Labute approximate surface area is 161 Å². The van der Waals surface area contributed by atoms with E-state index in [2.05, 4.69) is 15.7 Å². The van der Waals surface area contributed by atoms with Crippen LogP contribution in [0.3, 0.4) is 0 Å². The molecule has 0 aliphatic carbocycles. The molecule has 0 saturated carbocycles. The van der Waals surface area contributed by atoms with E-state index in [1.165, 1.54) is 0 Å². The molecule has 0 spiro atoms. The van der Waals surface area contributed by atoms with Gasteiger partial charge in [-0.05, 0) is 65.0 Å². The summed E-state index contributed by atoms with van der Waals surface area (Å²) in [5.41, 5.74) is 2.07. The van der Waals surface area contributed by atoms with Gasteiger partial charge in [-0.15, -0.1) is 0 Å². The van der Waals surface area contributed by atoms with Crippen LogP contribution in [-0.4, -0.2) is 58.7 Å². The molecule has 2 aliphatic rings. The van der Waals surface area contributed by atoms with E-state index < -0.39 is 0 Å². The zero-order valence-corrected chi connectivity index (χ0v) is 16.8. The topological polar surface area (TPSA) is 79.3 Å². The molecule has 27 heavy (non-hydrogen) atoms. The first kappa shape index (κ1) is 19.9. The molecule has 0 bridgehead atoms. The number of nitrogens with zero attached hydrogens (tertiary/aromatic N) is 3. The van der Waals surface area contributed by atoms with Crippen LogP contribution in [0, 0.1) is 19.8 Å². The molecule has 7 heteroatoms. The molecule has 2 fully saturated rings. The lowest BCUT2D eigenvalue weighted by molar-refractivity contribution is -0.133. The second-order valence-corrected chi connectivity index (χ2v) is 8.17. The largest absolute Gasteiger partial charge is 0.354 e. The molecule has 1 aromatic heterocycles. The molecule has 150 valence electrons. The molecule has 3 atom stereocenters. The number of carbonyl (C=O) groups is 2. The summed E-state index contributed by atoms with van der Waals surface area (Å²) in [7, 11) is 0. The third-order valence-corrected chi connectivity index (χ3v) is 5.75. The predicted molar refractivity (Wildman–Crippen MR) is 104 cm³/mol. The van der Waals surface area contributed by atoms with E-state index >= 15 is 0 Å². The van der Waals surface area contributed by atoms with Gasteiger partial charge in [-0.3, -0.25) is 14.3 Å². The number of aromatic nitrogens is 2. The lowest BCUT2D eigenvalue weighted by Gasteiger charge is -2.33. The summed E-state index contributed by atoms with van der Waals surface area (Å²) in [5.74, 6) is 0.634. The summed E-state index contributed by atoms with van der Waals surface area (Å²) in [5, 5.41) is 10.8. The third-order valence-electron chi connectivity index (χ3n) is 5.75. The van der Waals surface area contributed by atoms with Crippen LogP contribution < -0.4 is 10.6 Å². The fourth-order valence-corrected chi connectivity index (χ4v) is 4.30. The van der Waals surface area contributed by atoms with Crippen molar-refractivity contribution in [3.05, 3.63) is 17.5 Å². The smallest absolute Gasteiger partial charge is 0.237 e. The highest BCUT2D eigenvalue weighted by molar-refractivity contribution is 5.82. The number of rotatable bonds is 6. The van der Waals surface area contributed by atoms with Crippen molar-refractivity contribution in [2.24, 2.45) is 5.92 Å². The minimum absolute atomic E-state index is 0.0343. The monoisotopic (exact) mass is 375 g/mol. The van der Waals surface area contributed by atoms with E-state index in [9.17, 15) is 9.59 Å². The quantitative estimate of drug-likeness (QED) is 0.791. The van der Waals surface area contributed by atoms with Crippen molar-refractivity contribution in [2.75, 3.05) is 26.2 Å². The lowest BCUT2D eigenvalue weighted by Crippen LogP contribution is -2.47. The number of carbonyl (C=O) groups excluding carboxylic acids is 2. The molecule has 3 rings (SSSR count). The lowest BCUT2D eigenvalue weighted by atomic mass is 9.97. The van der Waals surface area contributed by atoms with Gasteiger partial charge in [0.05, 0.1) is 17.8 Å². The zero-order chi connectivity index (χ0) is 19.4. The SMILES string of the molecule is Cc1cc(C)n(C(C)CC(=O)N2CCCC(CNC(=O)C3CCCN3)C2)n1. The second kappa shape index (κ2) is 8.87. The summed E-state index contributed by atoms with van der Waals surface area (Å²) in [6.45, 7) is 9.19. The number of hydrogen-bond donors (Lipinski definition) is 2. The van der Waals surface area contributed by atoms with Crippen molar-refractivity contribution in [3.63, 3.8) is 0 Å². The minimum atomic E-state index is -0.0343. The number of aryl methyl sites for hydroxylation is 2. The Bertz CT molecular complexity index is 665. The average Bonchev–Trinajstić information content (AvgIpc) is 3.29. The van der Waals surface area contributed by atoms with Crippen molar-refractivity contribution in [2.45, 2.75) is 65.0 Å². The molecule has 3 unspecified atom stereocenters. The molecule has 2 amide bonds. The third kappa shape index (κ3) is 5.09. The fourth-order valence-electron chi connectivity index (χ4n) is 4.30. The maximum Gasteiger partial charge on any atom is 0.237 e. The predicted octanol–water partition coefficient (Wildman–Crippen LogP) is 1.56. The van der Waals surface area contributed by atoms with E-state index in [0.717, 1.165) is 56.7 Å². The molecule has 2 saturated heterocycles. The number of likely N-dealkylation sites (tertiary alicyclic amines) is 1. The Balaban J connectivity index is 1.47. The fraction of sp³-hybridized carbons (Fsp3) is 0.750. The van der Waals surface area contributed by atoms with Gasteiger partial charge in [0, 0.05) is 31.7 Å². The summed E-state index contributed by atoms with van der Waals surface area (Å²) in [4.78, 5) is 26.9. The molecule has 7 nitrogen and oxygen atoms in total. The van der Waals surface area contributed by atoms with Crippen LogP contribution >= 0.6 is 0 Å². The summed E-state index contributed by atoms with van der Waals surface area (Å²) >= 11 is 0. The number of piperidine rings is 1. The Morgan fingerprint density at radius 3 is 2.81 bits per heavy atom. The van der Waals surface area contributed by atoms with Crippen LogP contribution in [0.25, 0.3) is 0 Å². The molecular formula is C20H33N5O2. The second-order valence-electron chi connectivity index (χ2n) is 8.17. The maximum absolute atomic E-state index is 12.8. The van der Waals surface area contributed by atoms with Gasteiger partial charge < -0.3 is 15.5 Å². The van der Waals surface area contributed by atoms with E-state index in [1.807, 2.05) is 36.4 Å². The highest BCUT2D eigenvalue weighted by Gasteiger charge is 2.27. The Morgan fingerprint density at radius 1 is 1.33 bits per heavy atom. The van der Waals surface area contributed by atoms with Crippen molar-refractivity contribution < 1.29 is 9.59 Å². The minimum Gasteiger partial charge on any atom is -0.354 e. The first-order valence-corrected chi connectivity index (χ1v) is 10.3. The van der Waals surface area contributed by atoms with Crippen LogP contribution in [0.1, 0.15) is 56.5 Å². The van der Waals surface area contributed by atoms with Crippen molar-refractivity contribution in [1.82, 2.24) is 25.3 Å². The van der Waals surface area contributed by atoms with E-state index in [1.54, 1.807) is 0 Å². The maximum atomic E-state index is 12.8. The Morgan fingerprint density at radius 2 is 2.15 bits per heavy atom. The van der Waals surface area contributed by atoms with Crippen LogP contribution in [0.15, 0.2) is 6.07 Å². The highest BCUT2D eigenvalue weighted by Crippen LogP contribution is 2.20. The van der Waals surface area contributed by atoms with Crippen molar-refractivity contribution in [3.8, 4) is 0 Å². The summed E-state index contributed by atoms with van der Waals surface area (Å²) < 4.78 is 1.95. The van der Waals surface area contributed by atoms with E-state index in [-0.39, 0.29) is 23.9 Å². The number of amides is 2. The normalized spacial score (nSPS) is 24.0. The van der Waals surface area contributed by atoms with Gasteiger partial charge in [0.25, 0.3) is 0 Å². The van der Waals surface area contributed by atoms with Gasteiger partial charge in [0.2, 0.25) is 11.8 Å². The van der Waals surface area contributed by atoms with E-state index in [0.29, 0.717) is 18.9 Å². The average molecular weight is 376 g/mol. The summed E-state index contributed by atoms with van der Waals surface area (Å²) in [6, 6.07) is 2.06. The molecule has 3 heterocycles. The molecule has 0 radical (unpaired) electrons. The Kier molecular flexibility index (Phi) is 6.52. The number of nitrogens with one attached hydrogen (secondary N) is 2. The molecule has 2 aliphatic heterocycles. The van der Waals surface area contributed by atoms with E-state index in [4.69, 9.17) is 0 Å². The Hall–Kier alpha value is -1.89. The standard InChI is InChI=1S/C20H33N5O2/c1-14-10-15(2)25(23-14)16(3)11-19(26)24-9-5-6-17(13-24)12-22-20(27)18-7-4-8-21-18/h10,16-18,21H,4-9,11-13H2,1-3H3,(H,22,27). The van der Waals surface area contributed by atoms with Gasteiger partial charge in [-0.25, -0.2) is 0 Å². The van der Waals surface area contributed by atoms with Crippen molar-refractivity contribution in [1.29, 1.82) is 0 Å². The first-order valence-electron chi connectivity index (χ1n) is 10.3. The van der Waals surface area contributed by atoms with Crippen LogP contribution in [0.5, 0.6) is 0 Å². The highest BCUT2D eigenvalue weighted by atomic mass is 16.2. The van der Waals surface area contributed by atoms with Crippen LogP contribution in [0.2, 0.25) is 0 Å². The summed E-state index contributed by atoms with van der Waals surface area (Å²) in [6.07, 6.45) is 4.52. The number of hydrogen-bond acceptors (Lipinski definition) is 4. The molecular weight excluding hydrogens is 342 g/mol. The van der Waals surface area contributed by atoms with Gasteiger partial charge in [0.15, 0.2) is 0 Å². The molecule has 0 aromatic carbocycles. The molecule has 2 N–H and O–H groups in total. The zero-order valence-electron chi connectivity index (χ0n) is 16.8. The van der Waals surface area contributed by atoms with Crippen LogP contribution in [-0.2, 0) is 9.59 Å². The van der Waals surface area contributed by atoms with Gasteiger partial charge >= 0.3 is 0 Å².